The molecule has 2 N–H and O–H groups in total. The van der Waals surface area contributed by atoms with Crippen molar-refractivity contribution in [3.05, 3.63) is 23.8 Å². The summed E-state index contributed by atoms with van der Waals surface area (Å²) in [5.41, 5.74) is 1.54. The normalized spacial score (nSPS) is 24.6. The van der Waals surface area contributed by atoms with Gasteiger partial charge in [0, 0.05) is 44.1 Å². The van der Waals surface area contributed by atoms with Gasteiger partial charge in [-0.05, 0) is 69.9 Å². The SMILES string of the molecule is Cc1ccc(OCC(=O)N2CCC(OC3CCC(C(=O)NC4CCCCC4)CC3)CC2)cc1N1CCC(=O)NC1=O. The molecule has 1 aromatic carbocycles. The maximum Gasteiger partial charge on any atom is 0.328 e. The standard InChI is InChI=1S/C31H44N4O6/c1-21-7-10-26(19-27(21)35-18-15-28(36)33-31(35)39)40-20-29(37)34-16-13-25(14-17-34)41-24-11-8-22(9-12-24)30(38)32-23-5-3-2-4-6-23/h7,10,19,22-25H,2-6,8-9,11-18,20H2,1H3,(H,32,38)(H,33,36,39). The predicted octanol–water partition coefficient (Wildman–Crippen LogP) is 3.84. The summed E-state index contributed by atoms with van der Waals surface area (Å²) in [5, 5.41) is 5.62. The molecule has 2 saturated carbocycles. The van der Waals surface area contributed by atoms with E-state index >= 15 is 0 Å². The smallest absolute Gasteiger partial charge is 0.328 e. The molecule has 0 radical (unpaired) electrons. The number of likely N-dealkylation sites (tertiary alicyclic amines) is 1. The fourth-order valence-corrected chi connectivity index (χ4v) is 6.54. The van der Waals surface area contributed by atoms with Gasteiger partial charge in [-0.25, -0.2) is 4.79 Å². The number of imide groups is 1. The molecule has 5 rings (SSSR count). The molecule has 41 heavy (non-hydrogen) atoms. The van der Waals surface area contributed by atoms with Crippen LogP contribution in [-0.2, 0) is 19.1 Å². The first-order chi connectivity index (χ1) is 19.9. The van der Waals surface area contributed by atoms with Crippen LogP contribution in [0.2, 0.25) is 0 Å². The number of hydrogen-bond donors (Lipinski definition) is 2. The molecule has 0 unspecified atom stereocenters. The van der Waals surface area contributed by atoms with Gasteiger partial charge in [0.15, 0.2) is 6.61 Å². The largest absolute Gasteiger partial charge is 0.484 e. The lowest BCUT2D eigenvalue weighted by atomic mass is 9.86. The van der Waals surface area contributed by atoms with E-state index in [1.165, 1.54) is 24.2 Å². The third-order valence-corrected chi connectivity index (χ3v) is 9.06. The van der Waals surface area contributed by atoms with E-state index in [-0.39, 0.29) is 48.9 Å². The molecule has 2 heterocycles. The Morgan fingerprint density at radius 1 is 0.927 bits per heavy atom. The lowest BCUT2D eigenvalue weighted by Gasteiger charge is -2.36. The molecular formula is C31H44N4O6. The highest BCUT2D eigenvalue weighted by molar-refractivity contribution is 6.06. The summed E-state index contributed by atoms with van der Waals surface area (Å²) in [6.45, 7) is 3.38. The van der Waals surface area contributed by atoms with E-state index < -0.39 is 6.03 Å². The number of benzene rings is 1. The van der Waals surface area contributed by atoms with Crippen LogP contribution < -0.4 is 20.3 Å². The molecule has 2 aliphatic heterocycles. The van der Waals surface area contributed by atoms with Crippen LogP contribution in [0.4, 0.5) is 10.5 Å². The van der Waals surface area contributed by atoms with E-state index in [2.05, 4.69) is 10.6 Å². The van der Waals surface area contributed by atoms with Crippen molar-refractivity contribution in [3.63, 3.8) is 0 Å². The molecule has 0 bridgehead atoms. The number of piperidine rings is 1. The van der Waals surface area contributed by atoms with Gasteiger partial charge in [0.2, 0.25) is 11.8 Å². The van der Waals surface area contributed by atoms with E-state index in [1.807, 2.05) is 17.9 Å². The van der Waals surface area contributed by atoms with Crippen molar-refractivity contribution in [3.8, 4) is 5.75 Å². The summed E-state index contributed by atoms with van der Waals surface area (Å²) in [4.78, 5) is 52.7. The molecule has 0 spiro atoms. The van der Waals surface area contributed by atoms with Crippen molar-refractivity contribution in [2.24, 2.45) is 5.92 Å². The lowest BCUT2D eigenvalue weighted by molar-refractivity contribution is -0.137. The zero-order valence-corrected chi connectivity index (χ0v) is 24.2. The maximum atomic E-state index is 12.9. The summed E-state index contributed by atoms with van der Waals surface area (Å²) < 4.78 is 12.2. The van der Waals surface area contributed by atoms with Gasteiger partial charge in [-0.3, -0.25) is 24.6 Å². The molecular weight excluding hydrogens is 524 g/mol. The van der Waals surface area contributed by atoms with Crippen LogP contribution in [0.5, 0.6) is 5.75 Å². The molecule has 0 aromatic heterocycles. The highest BCUT2D eigenvalue weighted by Gasteiger charge is 2.31. The van der Waals surface area contributed by atoms with E-state index in [0.717, 1.165) is 56.9 Å². The second-order valence-electron chi connectivity index (χ2n) is 12.0. The van der Waals surface area contributed by atoms with Crippen LogP contribution in [0.25, 0.3) is 0 Å². The van der Waals surface area contributed by atoms with Crippen LogP contribution in [-0.4, -0.2) is 73.1 Å². The summed E-state index contributed by atoms with van der Waals surface area (Å²) >= 11 is 0. The molecule has 2 saturated heterocycles. The van der Waals surface area contributed by atoms with E-state index in [4.69, 9.17) is 9.47 Å². The first-order valence-electron chi connectivity index (χ1n) is 15.4. The van der Waals surface area contributed by atoms with Gasteiger partial charge in [-0.2, -0.15) is 0 Å². The summed E-state index contributed by atoms with van der Waals surface area (Å²) in [6, 6.07) is 5.29. The lowest BCUT2D eigenvalue weighted by Crippen LogP contribution is -2.49. The third-order valence-electron chi connectivity index (χ3n) is 9.06. The minimum Gasteiger partial charge on any atom is -0.484 e. The highest BCUT2D eigenvalue weighted by atomic mass is 16.5. The van der Waals surface area contributed by atoms with Gasteiger partial charge in [-0.1, -0.05) is 25.3 Å². The minimum atomic E-state index is -0.448. The number of hydrogen-bond acceptors (Lipinski definition) is 6. The molecule has 0 atom stereocenters. The fourth-order valence-electron chi connectivity index (χ4n) is 6.54. The molecule has 10 heteroatoms. The Hall–Kier alpha value is -3.14. The molecule has 4 fully saturated rings. The Morgan fingerprint density at radius 2 is 1.63 bits per heavy atom. The van der Waals surface area contributed by atoms with Crippen LogP contribution in [0.1, 0.15) is 82.6 Å². The minimum absolute atomic E-state index is 0.0728. The van der Waals surface area contributed by atoms with Crippen molar-refractivity contribution in [1.82, 2.24) is 15.5 Å². The number of urea groups is 1. The second-order valence-corrected chi connectivity index (χ2v) is 12.0. The van der Waals surface area contributed by atoms with Crippen molar-refractivity contribution in [1.29, 1.82) is 0 Å². The summed E-state index contributed by atoms with van der Waals surface area (Å²) in [7, 11) is 0. The predicted molar refractivity (Wildman–Crippen MR) is 154 cm³/mol. The van der Waals surface area contributed by atoms with E-state index in [1.54, 1.807) is 12.1 Å². The van der Waals surface area contributed by atoms with Crippen molar-refractivity contribution < 1.29 is 28.7 Å². The summed E-state index contributed by atoms with van der Waals surface area (Å²) in [6.07, 6.45) is 11.8. The average Bonchev–Trinajstić information content (AvgIpc) is 2.98. The van der Waals surface area contributed by atoms with Gasteiger partial charge >= 0.3 is 6.03 Å². The summed E-state index contributed by atoms with van der Waals surface area (Å²) in [5.74, 6) is 0.501. The molecule has 10 nitrogen and oxygen atoms in total. The first-order valence-corrected chi connectivity index (χ1v) is 15.4. The Balaban J connectivity index is 1.01. The monoisotopic (exact) mass is 568 g/mol. The van der Waals surface area contributed by atoms with Crippen LogP contribution in [0.3, 0.4) is 0 Å². The molecule has 1 aromatic rings. The van der Waals surface area contributed by atoms with E-state index in [9.17, 15) is 19.2 Å². The Kier molecular flexibility index (Phi) is 9.80. The highest BCUT2D eigenvalue weighted by Crippen LogP contribution is 2.30. The van der Waals surface area contributed by atoms with Gasteiger partial charge in [0.05, 0.1) is 17.9 Å². The number of anilines is 1. The molecule has 4 aliphatic rings. The molecule has 224 valence electrons. The number of rotatable bonds is 8. The van der Waals surface area contributed by atoms with Crippen molar-refractivity contribution >= 4 is 29.4 Å². The number of nitrogens with zero attached hydrogens (tertiary/aromatic N) is 2. The number of amides is 5. The van der Waals surface area contributed by atoms with Crippen molar-refractivity contribution in [2.75, 3.05) is 31.1 Å². The second kappa shape index (κ2) is 13.7. The number of ether oxygens (including phenoxy) is 2. The quantitative estimate of drug-likeness (QED) is 0.492. The van der Waals surface area contributed by atoms with Gasteiger partial charge in [-0.15, -0.1) is 0 Å². The van der Waals surface area contributed by atoms with E-state index in [0.29, 0.717) is 37.1 Å². The average molecular weight is 569 g/mol. The fraction of sp³-hybridized carbons (Fsp3) is 0.677. The zero-order chi connectivity index (χ0) is 28.8. The third kappa shape index (κ3) is 7.78. The molecule has 2 aliphatic carbocycles. The van der Waals surface area contributed by atoms with Crippen LogP contribution in [0.15, 0.2) is 18.2 Å². The van der Waals surface area contributed by atoms with Gasteiger partial charge in [0.1, 0.15) is 5.75 Å². The zero-order valence-electron chi connectivity index (χ0n) is 24.2. The Labute approximate surface area is 242 Å². The topological polar surface area (TPSA) is 117 Å². The number of nitrogens with one attached hydrogen (secondary N) is 2. The van der Waals surface area contributed by atoms with Crippen molar-refractivity contribution in [2.45, 2.75) is 102 Å². The van der Waals surface area contributed by atoms with Crippen LogP contribution in [0, 0.1) is 12.8 Å². The van der Waals surface area contributed by atoms with Crippen LogP contribution >= 0.6 is 0 Å². The number of carbonyl (C=O) groups is 4. The first kappa shape index (κ1) is 29.4. The maximum absolute atomic E-state index is 12.9. The number of aryl methyl sites for hydroxylation is 1. The Morgan fingerprint density at radius 3 is 2.34 bits per heavy atom. The van der Waals surface area contributed by atoms with Gasteiger partial charge < -0.3 is 19.7 Å². The van der Waals surface area contributed by atoms with Gasteiger partial charge in [0.25, 0.3) is 5.91 Å². The molecule has 5 amide bonds. The number of carbonyl (C=O) groups excluding carboxylic acids is 4. The Bertz CT molecular complexity index is 1100.